The minimum Gasteiger partial charge on any atom is -0.330 e. The van der Waals surface area contributed by atoms with Gasteiger partial charge in [-0.05, 0) is 32.7 Å². The fourth-order valence-corrected chi connectivity index (χ4v) is 0.611. The predicted molar refractivity (Wildman–Crippen MR) is 42.3 cm³/mol. The smallest absolute Gasteiger partial charge is 0.00743 e. The van der Waals surface area contributed by atoms with Gasteiger partial charge in [-0.1, -0.05) is 18.6 Å². The van der Waals surface area contributed by atoms with E-state index in [0.29, 0.717) is 0 Å². The topological polar surface area (TPSA) is 26.0 Å². The van der Waals surface area contributed by atoms with E-state index in [1.54, 1.807) is 0 Å². The van der Waals surface area contributed by atoms with Gasteiger partial charge in [-0.15, -0.1) is 0 Å². The highest BCUT2D eigenvalue weighted by Gasteiger charge is 1.82. The Morgan fingerprint density at radius 3 is 2.67 bits per heavy atom. The highest BCUT2D eigenvalue weighted by Crippen LogP contribution is 2.00. The maximum atomic E-state index is 5.33. The third-order valence-corrected chi connectivity index (χ3v) is 1.46. The minimum absolute atomic E-state index is 0.813. The molecule has 2 N–H and O–H groups in total. The molecule has 1 nitrogen and oxygen atoms in total. The Morgan fingerprint density at radius 2 is 2.22 bits per heavy atom. The second-order valence-corrected chi connectivity index (χ2v) is 2.33. The molecule has 0 spiro atoms. The number of rotatable bonds is 4. The van der Waals surface area contributed by atoms with Crippen molar-refractivity contribution >= 4 is 0 Å². The molecular weight excluding hydrogens is 110 g/mol. The van der Waals surface area contributed by atoms with Gasteiger partial charge in [0.25, 0.3) is 0 Å². The minimum atomic E-state index is 0.813. The van der Waals surface area contributed by atoms with Crippen LogP contribution in [0.25, 0.3) is 0 Å². The molecule has 0 aliphatic heterocycles. The largest absolute Gasteiger partial charge is 0.330 e. The lowest BCUT2D eigenvalue weighted by molar-refractivity contribution is 0.845. The summed E-state index contributed by atoms with van der Waals surface area (Å²) in [6.45, 7) is 5.15. The average molecular weight is 127 g/mol. The second-order valence-electron chi connectivity index (χ2n) is 2.33. The zero-order valence-corrected chi connectivity index (χ0v) is 6.48. The number of allylic oxidation sites excluding steroid dienone is 2. The van der Waals surface area contributed by atoms with Crippen molar-refractivity contribution in [2.24, 2.45) is 5.73 Å². The van der Waals surface area contributed by atoms with Crippen molar-refractivity contribution in [2.75, 3.05) is 6.54 Å². The lowest BCUT2D eigenvalue weighted by atomic mass is 10.2. The molecule has 0 fully saturated rings. The molecule has 0 atom stereocenters. The Morgan fingerprint density at radius 1 is 1.56 bits per heavy atom. The van der Waals surface area contributed by atoms with E-state index in [1.165, 1.54) is 12.0 Å². The van der Waals surface area contributed by atoms with E-state index in [2.05, 4.69) is 19.9 Å². The zero-order valence-electron chi connectivity index (χ0n) is 6.48. The summed E-state index contributed by atoms with van der Waals surface area (Å²) in [6.07, 6.45) is 5.71. The van der Waals surface area contributed by atoms with Crippen LogP contribution < -0.4 is 5.73 Å². The standard InChI is InChI=1S/C8H17N/c1-3-8(2)6-4-5-7-9/h6H,3-5,7,9H2,1-2H3/b8-6+. The van der Waals surface area contributed by atoms with Gasteiger partial charge in [0.15, 0.2) is 0 Å². The van der Waals surface area contributed by atoms with E-state index in [-0.39, 0.29) is 0 Å². The molecule has 0 aromatic rings. The summed E-state index contributed by atoms with van der Waals surface area (Å²) in [5, 5.41) is 0. The first-order valence-electron chi connectivity index (χ1n) is 3.67. The fourth-order valence-electron chi connectivity index (χ4n) is 0.611. The van der Waals surface area contributed by atoms with Gasteiger partial charge in [-0.25, -0.2) is 0 Å². The Kier molecular flexibility index (Phi) is 5.64. The van der Waals surface area contributed by atoms with Crippen molar-refractivity contribution in [3.8, 4) is 0 Å². The van der Waals surface area contributed by atoms with Gasteiger partial charge in [0.05, 0.1) is 0 Å². The summed E-state index contributed by atoms with van der Waals surface area (Å²) in [5.41, 5.74) is 6.80. The van der Waals surface area contributed by atoms with Crippen LogP contribution in [0.15, 0.2) is 11.6 Å². The summed E-state index contributed by atoms with van der Waals surface area (Å²) in [7, 11) is 0. The summed E-state index contributed by atoms with van der Waals surface area (Å²) in [4.78, 5) is 0. The Bertz CT molecular complexity index is 84.6. The van der Waals surface area contributed by atoms with Gasteiger partial charge in [0.1, 0.15) is 0 Å². The molecule has 0 heterocycles. The average Bonchev–Trinajstić information content (AvgIpc) is 1.89. The van der Waals surface area contributed by atoms with Gasteiger partial charge in [0, 0.05) is 0 Å². The zero-order chi connectivity index (χ0) is 7.11. The van der Waals surface area contributed by atoms with Crippen LogP contribution in [0.4, 0.5) is 0 Å². The maximum Gasteiger partial charge on any atom is -0.00743 e. The van der Waals surface area contributed by atoms with E-state index in [0.717, 1.165) is 19.4 Å². The van der Waals surface area contributed by atoms with Crippen molar-refractivity contribution in [1.29, 1.82) is 0 Å². The van der Waals surface area contributed by atoms with E-state index in [9.17, 15) is 0 Å². The number of unbranched alkanes of at least 4 members (excludes halogenated alkanes) is 1. The summed E-state index contributed by atoms with van der Waals surface area (Å²) in [6, 6.07) is 0. The second kappa shape index (κ2) is 5.83. The third-order valence-electron chi connectivity index (χ3n) is 1.46. The van der Waals surface area contributed by atoms with E-state index in [4.69, 9.17) is 5.73 Å². The van der Waals surface area contributed by atoms with Crippen LogP contribution >= 0.6 is 0 Å². The molecule has 0 aliphatic carbocycles. The van der Waals surface area contributed by atoms with Crippen molar-refractivity contribution in [2.45, 2.75) is 33.1 Å². The summed E-state index contributed by atoms with van der Waals surface area (Å²) < 4.78 is 0. The first kappa shape index (κ1) is 8.70. The molecule has 0 amide bonds. The molecule has 0 rings (SSSR count). The normalized spacial score (nSPS) is 12.1. The molecule has 54 valence electrons. The Labute approximate surface area is 57.9 Å². The molecule has 1 heteroatoms. The maximum absolute atomic E-state index is 5.33. The van der Waals surface area contributed by atoms with Gasteiger partial charge < -0.3 is 5.73 Å². The van der Waals surface area contributed by atoms with Crippen molar-refractivity contribution < 1.29 is 0 Å². The lowest BCUT2D eigenvalue weighted by Crippen LogP contribution is -1.96. The van der Waals surface area contributed by atoms with Gasteiger partial charge in [0.2, 0.25) is 0 Å². The quantitative estimate of drug-likeness (QED) is 0.454. The molecule has 0 aromatic heterocycles. The summed E-state index contributed by atoms with van der Waals surface area (Å²) >= 11 is 0. The highest BCUT2D eigenvalue weighted by atomic mass is 14.5. The Hall–Kier alpha value is -0.300. The molecule has 0 saturated carbocycles. The molecular formula is C8H17N. The van der Waals surface area contributed by atoms with E-state index in [1.807, 2.05) is 0 Å². The number of nitrogens with two attached hydrogens (primary N) is 1. The van der Waals surface area contributed by atoms with Gasteiger partial charge >= 0.3 is 0 Å². The molecule has 0 unspecified atom stereocenters. The molecule has 9 heavy (non-hydrogen) atoms. The van der Waals surface area contributed by atoms with E-state index >= 15 is 0 Å². The third kappa shape index (κ3) is 5.57. The Balaban J connectivity index is 3.21. The monoisotopic (exact) mass is 127 g/mol. The van der Waals surface area contributed by atoms with Crippen LogP contribution in [-0.4, -0.2) is 6.54 Å². The van der Waals surface area contributed by atoms with Crippen molar-refractivity contribution in [3.63, 3.8) is 0 Å². The molecule has 0 bridgehead atoms. The SMILES string of the molecule is CC/C(C)=C/CCCN. The highest BCUT2D eigenvalue weighted by molar-refractivity contribution is 4.96. The van der Waals surface area contributed by atoms with Crippen LogP contribution in [0.2, 0.25) is 0 Å². The van der Waals surface area contributed by atoms with Crippen LogP contribution in [0.1, 0.15) is 33.1 Å². The summed E-state index contributed by atoms with van der Waals surface area (Å²) in [5.74, 6) is 0. The molecule has 0 saturated heterocycles. The number of hydrogen-bond donors (Lipinski definition) is 1. The lowest BCUT2D eigenvalue weighted by Gasteiger charge is -1.93. The fraction of sp³-hybridized carbons (Fsp3) is 0.750. The van der Waals surface area contributed by atoms with Crippen LogP contribution in [0.5, 0.6) is 0 Å². The predicted octanol–water partition coefficient (Wildman–Crippen LogP) is 2.08. The van der Waals surface area contributed by atoms with Crippen molar-refractivity contribution in [1.82, 2.24) is 0 Å². The van der Waals surface area contributed by atoms with Crippen LogP contribution in [0, 0.1) is 0 Å². The molecule has 0 aliphatic rings. The number of hydrogen-bond acceptors (Lipinski definition) is 1. The van der Waals surface area contributed by atoms with Gasteiger partial charge in [-0.2, -0.15) is 0 Å². The van der Waals surface area contributed by atoms with Crippen LogP contribution in [0.3, 0.4) is 0 Å². The first-order valence-corrected chi connectivity index (χ1v) is 3.67. The first-order chi connectivity index (χ1) is 4.31. The van der Waals surface area contributed by atoms with Crippen molar-refractivity contribution in [3.05, 3.63) is 11.6 Å². The molecule has 0 aromatic carbocycles. The molecule has 0 radical (unpaired) electrons. The van der Waals surface area contributed by atoms with Crippen LogP contribution in [-0.2, 0) is 0 Å². The van der Waals surface area contributed by atoms with E-state index < -0.39 is 0 Å². The van der Waals surface area contributed by atoms with Gasteiger partial charge in [-0.3, -0.25) is 0 Å².